The van der Waals surface area contributed by atoms with Crippen molar-refractivity contribution in [1.29, 1.82) is 5.41 Å². The van der Waals surface area contributed by atoms with Crippen molar-refractivity contribution in [3.8, 4) is 0 Å². The molecule has 0 radical (unpaired) electrons. The Kier molecular flexibility index (Phi) is 28.1. The molecule has 2 atom stereocenters. The molecule has 9 N–H and O–H groups in total. The number of thiazole rings is 1. The third kappa shape index (κ3) is 20.7. The average molecular weight is 1660 g/mol. The van der Waals surface area contributed by atoms with Crippen LogP contribution in [0, 0.1) is 5.41 Å². The van der Waals surface area contributed by atoms with Gasteiger partial charge in [-0.2, -0.15) is 8.77 Å². The van der Waals surface area contributed by atoms with Crippen molar-refractivity contribution in [3.05, 3.63) is 239 Å². The van der Waals surface area contributed by atoms with Crippen molar-refractivity contribution in [2.75, 3.05) is 78.1 Å². The Labute approximate surface area is 678 Å². The number of carbonyl (C=O) groups excluding carboxylic acids is 3. The minimum absolute atomic E-state index is 0. The number of thioether (sulfide) groups is 1. The largest absolute Gasteiger partial charge is 0.412 e. The van der Waals surface area contributed by atoms with E-state index in [4.69, 9.17) is 34.3 Å². The Bertz CT molecular complexity index is 5260. The van der Waals surface area contributed by atoms with Crippen LogP contribution in [0.1, 0.15) is 98.2 Å². The smallest absolute Gasteiger partial charge is 0.263 e. The number of likely N-dealkylation sites (tertiary alicyclic amines) is 2. The molecule has 3 saturated heterocycles. The lowest BCUT2D eigenvalue weighted by Gasteiger charge is -2.41. The van der Waals surface area contributed by atoms with Gasteiger partial charge in [0.1, 0.15) is 23.5 Å². The number of aryl methyl sites for hydroxylation is 2. The first-order valence-electron chi connectivity index (χ1n) is 36.0. The third-order valence-corrected chi connectivity index (χ3v) is 26.6. The molecule has 111 heavy (non-hydrogen) atoms. The van der Waals surface area contributed by atoms with Crippen LogP contribution in [0.3, 0.4) is 0 Å². The van der Waals surface area contributed by atoms with Crippen molar-refractivity contribution < 1.29 is 47.9 Å². The Morgan fingerprint density at radius 2 is 1.23 bits per heavy atom. The summed E-state index contributed by atoms with van der Waals surface area (Å²) >= 11 is 16.9. The van der Waals surface area contributed by atoms with Gasteiger partial charge in [0.25, 0.3) is 20.0 Å². The first kappa shape index (κ1) is 82.6. The van der Waals surface area contributed by atoms with Crippen LogP contribution in [-0.2, 0) is 47.4 Å². The molecular weight excluding hydrogens is 1570 g/mol. The van der Waals surface area contributed by atoms with Gasteiger partial charge in [0.15, 0.2) is 10.3 Å². The number of fused-ring (bicyclic) bond motifs is 3. The van der Waals surface area contributed by atoms with E-state index in [1.54, 1.807) is 35.8 Å². The normalized spacial score (nSPS) is 15.5. The van der Waals surface area contributed by atoms with E-state index in [9.17, 15) is 31.2 Å². The van der Waals surface area contributed by atoms with Gasteiger partial charge in [0.05, 0.1) is 9.79 Å². The lowest BCUT2D eigenvalue weighted by molar-refractivity contribution is -0.135. The van der Waals surface area contributed by atoms with E-state index >= 15 is 0 Å². The maximum absolute atomic E-state index is 13.4. The second-order valence-corrected chi connectivity index (χ2v) is 34.8. The van der Waals surface area contributed by atoms with E-state index in [0.29, 0.717) is 84.4 Å². The van der Waals surface area contributed by atoms with Crippen LogP contribution in [0.5, 0.6) is 0 Å². The summed E-state index contributed by atoms with van der Waals surface area (Å²) in [6.45, 7) is 11.3. The van der Waals surface area contributed by atoms with Crippen molar-refractivity contribution >= 4 is 161 Å². The van der Waals surface area contributed by atoms with Crippen LogP contribution in [0.2, 0.25) is 10.0 Å². The van der Waals surface area contributed by atoms with Crippen LogP contribution in [0.4, 0.5) is 21.6 Å². The standard InChI is InChI=1S/C30H33ClN6OS2.C25H25ClN4O3S2.C24H25N5O3S2.2H2O.4H2/c1-21(37-15-5-8-23-20-24(31)9-14-27(23)37)29(38)36-18-16-35(17-19-36)25-10-12-26(13-11-25)40-34-30(33)39-28(32)22-6-3-2-4-7-22;26-21-3-6-23-20(17-21)9-12-29(23)15-10-24(31)30-13-7-19(8-14-30)18-1-4-22(5-2-18)35(32,33)28-25-27-11-16-34-25;1-17(29-15-12-20-4-2-3-5-22(20)29)23(30)28-13-10-19(11-14-28)18-6-8-21(9-7-18)34(31,32)27-24-25-16-26-33-24;;;;;;/h2-4,6-7,9-14,20-21,32H,5,8,15-19H2,1H3,(H2,33,34);1-6,9,11-12,16-17,19H,7-8,10,13-15H2,(H,27,28);2-9,12,15-17,19H,10-11,13-14H2,1H3,(H,25,26,27);2*1H2;4*1H/t21-;;17-;;;;;;/m1.1....../s1. The molecule has 0 unspecified atom stereocenters. The Hall–Kier alpha value is -9.34. The average Bonchev–Trinajstić information content (AvgIpc) is 1.79. The third-order valence-electron chi connectivity index (χ3n) is 20.2. The van der Waals surface area contributed by atoms with Crippen LogP contribution >= 0.6 is 69.8 Å². The van der Waals surface area contributed by atoms with Crippen LogP contribution in [0.25, 0.3) is 21.8 Å². The molecule has 3 amide bonds. The molecule has 4 aliphatic rings. The van der Waals surface area contributed by atoms with Gasteiger partial charge in [-0.25, -0.2) is 26.8 Å². The lowest BCUT2D eigenvalue weighted by atomic mass is 9.89. The first-order valence-corrected chi connectivity index (χ1v) is 43.0. The molecule has 15 rings (SSSR count). The number of nitrogens with two attached hydrogens (primary N) is 1. The molecular formula is C79H95Cl2N15O9S6. The topological polar surface area (TPSA) is 334 Å². The number of para-hydroxylation sites is 1. The maximum Gasteiger partial charge on any atom is 0.263 e. The van der Waals surface area contributed by atoms with E-state index in [2.05, 4.69) is 66.8 Å². The number of sulfonamides is 2. The van der Waals surface area contributed by atoms with E-state index in [1.165, 1.54) is 35.2 Å². The number of hydrogen-bond acceptors (Lipinski definition) is 18. The number of nitrogens with zero attached hydrogens (tertiary/aromatic N) is 11. The number of benzene rings is 7. The molecule has 0 spiro atoms. The summed E-state index contributed by atoms with van der Waals surface area (Å²) in [6.07, 6.45) is 12.7. The van der Waals surface area contributed by atoms with Gasteiger partial charge >= 0.3 is 0 Å². The highest BCUT2D eigenvalue weighted by molar-refractivity contribution is 8.27. The predicted octanol–water partition coefficient (Wildman–Crippen LogP) is 14.9. The van der Waals surface area contributed by atoms with Gasteiger partial charge in [0, 0.05) is 173 Å². The minimum Gasteiger partial charge on any atom is -0.412 e. The molecule has 8 heterocycles. The summed E-state index contributed by atoms with van der Waals surface area (Å²) in [5, 5.41) is 14.9. The second kappa shape index (κ2) is 37.8. The van der Waals surface area contributed by atoms with Crippen LogP contribution < -0.4 is 25.0 Å². The Morgan fingerprint density at radius 3 is 1.87 bits per heavy atom. The Balaban J connectivity index is 0.000000233. The van der Waals surface area contributed by atoms with Gasteiger partial charge in [0.2, 0.25) is 22.9 Å². The van der Waals surface area contributed by atoms with Gasteiger partial charge in [-0.05, 0) is 201 Å². The van der Waals surface area contributed by atoms with Gasteiger partial charge in [-0.15, -0.1) is 11.3 Å². The minimum atomic E-state index is -3.69. The summed E-state index contributed by atoms with van der Waals surface area (Å²) in [4.78, 5) is 59.1. The van der Waals surface area contributed by atoms with E-state index in [0.717, 1.165) is 141 Å². The van der Waals surface area contributed by atoms with Crippen LogP contribution in [0.15, 0.2) is 225 Å². The highest BCUT2D eigenvalue weighted by atomic mass is 35.5. The molecule has 4 aromatic heterocycles. The highest BCUT2D eigenvalue weighted by Crippen LogP contribution is 2.36. The number of hydrogen-bond donors (Lipinski definition) is 4. The van der Waals surface area contributed by atoms with Crippen molar-refractivity contribution in [2.24, 2.45) is 10.1 Å². The highest BCUT2D eigenvalue weighted by Gasteiger charge is 2.33. The molecule has 590 valence electrons. The van der Waals surface area contributed by atoms with E-state index < -0.39 is 20.0 Å². The van der Waals surface area contributed by atoms with Crippen molar-refractivity contribution in [1.82, 2.24) is 38.2 Å². The number of anilines is 4. The second-order valence-electron chi connectivity index (χ2n) is 27.0. The molecule has 4 aliphatic heterocycles. The molecule has 3 fully saturated rings. The summed E-state index contributed by atoms with van der Waals surface area (Å²) < 4.78 is 67.4. The molecule has 24 nitrogen and oxygen atoms in total. The molecule has 0 bridgehead atoms. The summed E-state index contributed by atoms with van der Waals surface area (Å²) in [6, 6.07) is 55.2. The molecule has 11 aromatic rings. The van der Waals surface area contributed by atoms with Crippen LogP contribution in [-0.4, -0.2) is 159 Å². The van der Waals surface area contributed by atoms with E-state index in [1.807, 2.05) is 173 Å². The maximum atomic E-state index is 13.4. The zero-order valence-electron chi connectivity index (χ0n) is 61.0. The van der Waals surface area contributed by atoms with E-state index in [-0.39, 0.29) is 61.4 Å². The number of rotatable bonds is 19. The lowest BCUT2D eigenvalue weighted by Crippen LogP contribution is -2.55. The number of piperazine rings is 1. The monoisotopic (exact) mass is 1660 g/mol. The van der Waals surface area contributed by atoms with Gasteiger partial charge < -0.3 is 50.3 Å². The molecule has 7 aromatic carbocycles. The molecule has 32 heteroatoms. The number of nitrogens with one attached hydrogen (secondary N) is 3. The number of halogens is 2. The fraction of sp³-hybridized carbons (Fsp3) is 0.291. The number of aromatic nitrogens is 5. The summed E-state index contributed by atoms with van der Waals surface area (Å²) in [7, 11) is -7.35. The predicted molar refractivity (Wildman–Crippen MR) is 458 cm³/mol. The summed E-state index contributed by atoms with van der Waals surface area (Å²) in [5.74, 6) is 1.07. The summed E-state index contributed by atoms with van der Waals surface area (Å²) in [5.41, 5.74) is 14.7. The first-order chi connectivity index (χ1) is 52.7. The molecule has 0 saturated carbocycles. The Morgan fingerprint density at radius 1 is 0.640 bits per heavy atom. The fourth-order valence-electron chi connectivity index (χ4n) is 14.3. The van der Waals surface area contributed by atoms with Gasteiger partial charge in [-0.1, -0.05) is 96.0 Å². The molecule has 0 aliphatic carbocycles. The van der Waals surface area contributed by atoms with Crippen molar-refractivity contribution in [3.63, 3.8) is 0 Å². The van der Waals surface area contributed by atoms with Crippen molar-refractivity contribution in [2.45, 2.75) is 104 Å². The van der Waals surface area contributed by atoms with Gasteiger partial charge in [-0.3, -0.25) is 29.2 Å². The number of carbonyl (C=O) groups is 3. The zero-order valence-corrected chi connectivity index (χ0v) is 67.4. The SMILES string of the molecule is C[C@H](C(=O)N1CCC(c2ccc(S(=O)(=O)Nc3ncns3)cc2)CC1)n1ccc2ccccc21.C[C@H](C(=O)N1CCN(c2ccc(SN=C(N)SC(=N)c3ccccc3)cc2)CC1)N1CCCc2cc(Cl)ccc21.O.O.O=C(CCn1ccc2cc(Cl)ccc21)N1CCC(c2ccc(S(=O)(=O)Nc3nccs3)cc2)CC1.[HH].[HH].[HH].[HH]. The number of amidine groups is 1. The zero-order chi connectivity index (χ0) is 76.2. The number of piperidine rings is 2. The fourth-order valence-corrected chi connectivity index (χ4v) is 19.3. The number of amides is 3. The quantitative estimate of drug-likeness (QED) is 0.0332.